The Morgan fingerprint density at radius 2 is 1.95 bits per heavy atom. The maximum Gasteiger partial charge on any atom is 0.265 e. The van der Waals surface area contributed by atoms with Crippen molar-refractivity contribution in [1.29, 1.82) is 0 Å². The van der Waals surface area contributed by atoms with Gasteiger partial charge in [-0.15, -0.1) is 0 Å². The molecule has 0 radical (unpaired) electrons. The van der Waals surface area contributed by atoms with Crippen molar-refractivity contribution >= 4 is 27.5 Å². The first-order chi connectivity index (χ1) is 10.4. The highest BCUT2D eigenvalue weighted by molar-refractivity contribution is 9.10. The summed E-state index contributed by atoms with van der Waals surface area (Å²) in [6, 6.07) is 10.2. The van der Waals surface area contributed by atoms with E-state index in [1.54, 1.807) is 13.0 Å². The van der Waals surface area contributed by atoms with Crippen molar-refractivity contribution in [3.63, 3.8) is 0 Å². The Balaban J connectivity index is 2.07. The van der Waals surface area contributed by atoms with Gasteiger partial charge >= 0.3 is 0 Å². The van der Waals surface area contributed by atoms with E-state index in [2.05, 4.69) is 21.2 Å². The second kappa shape index (κ2) is 6.92. The molecule has 1 N–H and O–H groups in total. The quantitative estimate of drug-likeness (QED) is 0.858. The van der Waals surface area contributed by atoms with Crippen molar-refractivity contribution in [2.24, 2.45) is 0 Å². The molecule has 0 saturated carbocycles. The third-order valence-corrected chi connectivity index (χ3v) is 3.70. The lowest BCUT2D eigenvalue weighted by atomic mass is 10.1. The number of anilines is 1. The molecule has 1 amide bonds. The van der Waals surface area contributed by atoms with E-state index >= 15 is 0 Å². The molecule has 2 aromatic rings. The van der Waals surface area contributed by atoms with Gasteiger partial charge in [-0.1, -0.05) is 28.1 Å². The highest BCUT2D eigenvalue weighted by atomic mass is 79.9. The number of benzene rings is 2. The van der Waals surface area contributed by atoms with Crippen LogP contribution in [0.1, 0.15) is 18.1 Å². The van der Waals surface area contributed by atoms with E-state index in [-0.39, 0.29) is 5.69 Å². The van der Waals surface area contributed by atoms with Crippen molar-refractivity contribution < 1.29 is 13.9 Å². The molecule has 3 nitrogen and oxygen atoms in total. The standard InChI is InChI=1S/C17H17BrFNO2/c1-10-4-5-11(2)16(8-10)22-12(3)17(21)20-15-7-6-13(18)9-14(15)19/h4-9,12H,1-3H3,(H,20,21)/t12-/m0/s1. The molecule has 0 spiro atoms. The molecule has 22 heavy (non-hydrogen) atoms. The van der Waals surface area contributed by atoms with Crippen LogP contribution < -0.4 is 10.1 Å². The summed E-state index contributed by atoms with van der Waals surface area (Å²) in [7, 11) is 0. The summed E-state index contributed by atoms with van der Waals surface area (Å²) in [5.74, 6) is -0.247. The Labute approximate surface area is 137 Å². The van der Waals surface area contributed by atoms with Gasteiger partial charge < -0.3 is 10.1 Å². The lowest BCUT2D eigenvalue weighted by molar-refractivity contribution is -0.122. The van der Waals surface area contributed by atoms with Crippen molar-refractivity contribution in [2.45, 2.75) is 26.9 Å². The lowest BCUT2D eigenvalue weighted by Gasteiger charge is -2.17. The third kappa shape index (κ3) is 4.07. The first-order valence-corrected chi connectivity index (χ1v) is 7.66. The van der Waals surface area contributed by atoms with E-state index in [0.29, 0.717) is 10.2 Å². The van der Waals surface area contributed by atoms with E-state index in [0.717, 1.165) is 11.1 Å². The number of carbonyl (C=O) groups excluding carboxylic acids is 1. The number of hydrogen-bond acceptors (Lipinski definition) is 2. The minimum atomic E-state index is -0.733. The van der Waals surface area contributed by atoms with Crippen molar-refractivity contribution in [2.75, 3.05) is 5.32 Å². The topological polar surface area (TPSA) is 38.3 Å². The van der Waals surface area contributed by atoms with Crippen LogP contribution >= 0.6 is 15.9 Å². The summed E-state index contributed by atoms with van der Waals surface area (Å²) in [5, 5.41) is 2.53. The minimum Gasteiger partial charge on any atom is -0.481 e. The summed E-state index contributed by atoms with van der Waals surface area (Å²) in [6.07, 6.45) is -0.733. The van der Waals surface area contributed by atoms with Crippen molar-refractivity contribution in [3.8, 4) is 5.75 Å². The van der Waals surface area contributed by atoms with Gasteiger partial charge in [0.15, 0.2) is 6.10 Å². The molecular weight excluding hydrogens is 349 g/mol. The Morgan fingerprint density at radius 3 is 2.64 bits per heavy atom. The molecular formula is C17H17BrFNO2. The largest absolute Gasteiger partial charge is 0.481 e. The number of hydrogen-bond donors (Lipinski definition) is 1. The number of carbonyl (C=O) groups is 1. The molecule has 2 rings (SSSR count). The Morgan fingerprint density at radius 1 is 1.23 bits per heavy atom. The van der Waals surface area contributed by atoms with Crippen LogP contribution in [0.15, 0.2) is 40.9 Å². The fourth-order valence-corrected chi connectivity index (χ4v) is 2.24. The third-order valence-electron chi connectivity index (χ3n) is 3.21. The predicted molar refractivity (Wildman–Crippen MR) is 88.7 cm³/mol. The molecule has 0 fully saturated rings. The van der Waals surface area contributed by atoms with Crippen LogP contribution in [0.3, 0.4) is 0 Å². The molecule has 0 aliphatic carbocycles. The van der Waals surface area contributed by atoms with Gasteiger partial charge in [-0.3, -0.25) is 4.79 Å². The Hall–Kier alpha value is -1.88. The monoisotopic (exact) mass is 365 g/mol. The average molecular weight is 366 g/mol. The maximum absolute atomic E-state index is 13.7. The first-order valence-electron chi connectivity index (χ1n) is 6.86. The van der Waals surface area contributed by atoms with Gasteiger partial charge in [0.1, 0.15) is 11.6 Å². The van der Waals surface area contributed by atoms with E-state index in [4.69, 9.17) is 4.74 Å². The van der Waals surface area contributed by atoms with Crippen molar-refractivity contribution in [1.82, 2.24) is 0 Å². The predicted octanol–water partition coefficient (Wildman–Crippen LogP) is 4.61. The van der Waals surface area contributed by atoms with Gasteiger partial charge in [-0.2, -0.15) is 0 Å². The van der Waals surface area contributed by atoms with Gasteiger partial charge in [0.05, 0.1) is 5.69 Å². The lowest BCUT2D eigenvalue weighted by Crippen LogP contribution is -2.30. The van der Waals surface area contributed by atoms with E-state index in [1.165, 1.54) is 12.1 Å². The zero-order valence-corrected chi connectivity index (χ0v) is 14.2. The molecule has 0 aromatic heterocycles. The summed E-state index contributed by atoms with van der Waals surface area (Å²) in [6.45, 7) is 5.50. The van der Waals surface area contributed by atoms with Crippen LogP contribution in [-0.4, -0.2) is 12.0 Å². The summed E-state index contributed by atoms with van der Waals surface area (Å²) in [5.41, 5.74) is 2.12. The van der Waals surface area contributed by atoms with Crippen LogP contribution in [0.2, 0.25) is 0 Å². The van der Waals surface area contributed by atoms with E-state index in [1.807, 2.05) is 32.0 Å². The smallest absolute Gasteiger partial charge is 0.265 e. The van der Waals surface area contributed by atoms with Crippen LogP contribution in [0, 0.1) is 19.7 Å². The SMILES string of the molecule is Cc1ccc(C)c(O[C@@H](C)C(=O)Nc2ccc(Br)cc2F)c1. The summed E-state index contributed by atoms with van der Waals surface area (Å²) in [4.78, 5) is 12.1. The number of rotatable bonds is 4. The number of amides is 1. The van der Waals surface area contributed by atoms with Crippen LogP contribution in [0.5, 0.6) is 5.75 Å². The molecule has 116 valence electrons. The minimum absolute atomic E-state index is 0.129. The molecule has 5 heteroatoms. The Bertz CT molecular complexity index is 703. The average Bonchev–Trinajstić information content (AvgIpc) is 2.45. The van der Waals surface area contributed by atoms with Crippen LogP contribution in [0.25, 0.3) is 0 Å². The first kappa shape index (κ1) is 16.5. The fourth-order valence-electron chi connectivity index (χ4n) is 1.90. The molecule has 2 aromatic carbocycles. The number of nitrogens with one attached hydrogen (secondary N) is 1. The summed E-state index contributed by atoms with van der Waals surface area (Å²) < 4.78 is 20.0. The fraction of sp³-hybridized carbons (Fsp3) is 0.235. The number of aryl methyl sites for hydroxylation is 2. The van der Waals surface area contributed by atoms with Gasteiger partial charge in [-0.25, -0.2) is 4.39 Å². The zero-order chi connectivity index (χ0) is 16.3. The van der Waals surface area contributed by atoms with E-state index in [9.17, 15) is 9.18 Å². The van der Waals surface area contributed by atoms with Gasteiger partial charge in [-0.05, 0) is 56.2 Å². The zero-order valence-electron chi connectivity index (χ0n) is 12.6. The second-order valence-corrected chi connectivity index (χ2v) is 6.06. The molecule has 0 saturated heterocycles. The second-order valence-electron chi connectivity index (χ2n) is 5.14. The van der Waals surface area contributed by atoms with Crippen molar-refractivity contribution in [3.05, 3.63) is 57.8 Å². The highest BCUT2D eigenvalue weighted by Crippen LogP contribution is 2.22. The van der Waals surface area contributed by atoms with Gasteiger partial charge in [0, 0.05) is 4.47 Å². The molecule has 0 bridgehead atoms. The Kier molecular flexibility index (Phi) is 5.19. The normalized spacial score (nSPS) is 11.9. The van der Waals surface area contributed by atoms with Gasteiger partial charge in [0.25, 0.3) is 5.91 Å². The van der Waals surface area contributed by atoms with Crippen LogP contribution in [-0.2, 0) is 4.79 Å². The molecule has 1 atom stereocenters. The molecule has 0 unspecified atom stereocenters. The molecule has 0 aliphatic rings. The number of ether oxygens (including phenoxy) is 1. The van der Waals surface area contributed by atoms with Crippen LogP contribution in [0.4, 0.5) is 10.1 Å². The number of halogens is 2. The maximum atomic E-state index is 13.7. The highest BCUT2D eigenvalue weighted by Gasteiger charge is 2.17. The molecule has 0 heterocycles. The summed E-state index contributed by atoms with van der Waals surface area (Å²) >= 11 is 3.17. The molecule has 0 aliphatic heterocycles. The van der Waals surface area contributed by atoms with Gasteiger partial charge in [0.2, 0.25) is 0 Å². The van der Waals surface area contributed by atoms with E-state index < -0.39 is 17.8 Å².